The molecule has 0 bridgehead atoms. The summed E-state index contributed by atoms with van der Waals surface area (Å²) in [5, 5.41) is 3.36. The Bertz CT molecular complexity index is 829. The fourth-order valence-electron chi connectivity index (χ4n) is 3.07. The molecule has 3 N–H and O–H groups in total. The van der Waals surface area contributed by atoms with Crippen molar-refractivity contribution >= 4 is 28.2 Å². The summed E-state index contributed by atoms with van der Waals surface area (Å²) >= 11 is 1.44. The van der Waals surface area contributed by atoms with Crippen molar-refractivity contribution in [2.24, 2.45) is 5.73 Å². The maximum absolute atomic E-state index is 12.6. The van der Waals surface area contributed by atoms with Crippen molar-refractivity contribution in [3.63, 3.8) is 0 Å². The average molecular weight is 360 g/mol. The second-order valence-corrected chi connectivity index (χ2v) is 6.91. The number of primary amides is 1. The summed E-state index contributed by atoms with van der Waals surface area (Å²) in [6, 6.07) is 4.92. The van der Waals surface area contributed by atoms with E-state index in [2.05, 4.69) is 5.32 Å². The smallest absolute Gasteiger partial charge is 0.256 e. The van der Waals surface area contributed by atoms with E-state index in [1.807, 2.05) is 0 Å². The Morgan fingerprint density at radius 1 is 1.12 bits per heavy atom. The van der Waals surface area contributed by atoms with Crippen molar-refractivity contribution in [2.45, 2.75) is 25.7 Å². The Morgan fingerprint density at radius 3 is 2.52 bits per heavy atom. The van der Waals surface area contributed by atoms with Crippen LogP contribution in [0.5, 0.6) is 11.5 Å². The number of fused-ring (bicyclic) bond motifs is 1. The van der Waals surface area contributed by atoms with Crippen LogP contribution in [0.2, 0.25) is 0 Å². The largest absolute Gasteiger partial charge is 0.493 e. The van der Waals surface area contributed by atoms with Crippen LogP contribution in [0.25, 0.3) is 0 Å². The first-order chi connectivity index (χ1) is 12.0. The molecule has 1 aromatic carbocycles. The van der Waals surface area contributed by atoms with Gasteiger partial charge in [0, 0.05) is 10.4 Å². The molecule has 7 heteroatoms. The molecule has 1 heterocycles. The maximum atomic E-state index is 12.6. The molecule has 0 unspecified atom stereocenters. The molecule has 0 radical (unpaired) electrons. The molecule has 0 saturated carbocycles. The van der Waals surface area contributed by atoms with Crippen LogP contribution in [0.4, 0.5) is 5.00 Å². The van der Waals surface area contributed by atoms with Crippen LogP contribution in [0.3, 0.4) is 0 Å². The quantitative estimate of drug-likeness (QED) is 0.857. The van der Waals surface area contributed by atoms with Gasteiger partial charge in [0.1, 0.15) is 5.00 Å². The minimum Gasteiger partial charge on any atom is -0.493 e. The van der Waals surface area contributed by atoms with Crippen molar-refractivity contribution in [1.82, 2.24) is 0 Å². The van der Waals surface area contributed by atoms with Crippen molar-refractivity contribution in [2.75, 3.05) is 19.5 Å². The summed E-state index contributed by atoms with van der Waals surface area (Å²) in [6.07, 6.45) is 3.88. The number of aryl methyl sites for hydroxylation is 1. The van der Waals surface area contributed by atoms with Crippen LogP contribution in [0.1, 0.15) is 44.0 Å². The number of hydrogen-bond donors (Lipinski definition) is 2. The lowest BCUT2D eigenvalue weighted by atomic mass is 9.95. The van der Waals surface area contributed by atoms with Gasteiger partial charge in [-0.1, -0.05) is 0 Å². The number of nitrogens with one attached hydrogen (secondary N) is 1. The van der Waals surface area contributed by atoms with Gasteiger partial charge < -0.3 is 20.5 Å². The zero-order valence-corrected chi connectivity index (χ0v) is 15.0. The molecule has 3 rings (SSSR count). The minimum absolute atomic E-state index is 0.318. The molecule has 0 spiro atoms. The lowest BCUT2D eigenvalue weighted by molar-refractivity contribution is 0.100. The van der Waals surface area contributed by atoms with Gasteiger partial charge in [0.05, 0.1) is 19.8 Å². The highest BCUT2D eigenvalue weighted by Gasteiger charge is 2.25. The van der Waals surface area contributed by atoms with Gasteiger partial charge in [-0.3, -0.25) is 9.59 Å². The highest BCUT2D eigenvalue weighted by atomic mass is 32.1. The molecule has 0 aliphatic heterocycles. The van der Waals surface area contributed by atoms with Crippen LogP contribution in [-0.4, -0.2) is 26.0 Å². The van der Waals surface area contributed by atoms with Crippen LogP contribution in [0.15, 0.2) is 18.2 Å². The molecule has 6 nitrogen and oxygen atoms in total. The van der Waals surface area contributed by atoms with Crippen LogP contribution in [-0.2, 0) is 12.8 Å². The molecule has 0 fully saturated rings. The minimum atomic E-state index is -0.498. The zero-order valence-electron chi connectivity index (χ0n) is 14.2. The predicted octanol–water partition coefficient (Wildman–Crippen LogP) is 3.00. The second-order valence-electron chi connectivity index (χ2n) is 5.80. The topological polar surface area (TPSA) is 90.6 Å². The third-order valence-corrected chi connectivity index (χ3v) is 5.50. The monoisotopic (exact) mass is 360 g/mol. The summed E-state index contributed by atoms with van der Waals surface area (Å²) in [7, 11) is 3.05. The molecule has 132 valence electrons. The highest BCUT2D eigenvalue weighted by molar-refractivity contribution is 7.17. The standard InChI is InChI=1S/C18H20N2O4S/c1-23-12-8-7-10(9-13(12)24-2)17(22)20-18-15(16(19)21)11-5-3-4-6-14(11)25-18/h7-9H,3-6H2,1-2H3,(H2,19,21)(H,20,22). The van der Waals surface area contributed by atoms with E-state index in [0.717, 1.165) is 36.1 Å². The number of methoxy groups -OCH3 is 2. The van der Waals surface area contributed by atoms with E-state index in [4.69, 9.17) is 15.2 Å². The summed E-state index contributed by atoms with van der Waals surface area (Å²) < 4.78 is 10.4. The van der Waals surface area contributed by atoms with E-state index in [-0.39, 0.29) is 5.91 Å². The van der Waals surface area contributed by atoms with Gasteiger partial charge in [0.15, 0.2) is 11.5 Å². The van der Waals surface area contributed by atoms with E-state index in [0.29, 0.717) is 27.6 Å². The fourth-order valence-corrected chi connectivity index (χ4v) is 4.36. The SMILES string of the molecule is COc1ccc(C(=O)Nc2sc3c(c2C(N)=O)CCCC3)cc1OC. The molecular formula is C18H20N2O4S. The van der Waals surface area contributed by atoms with E-state index in [9.17, 15) is 9.59 Å². The van der Waals surface area contributed by atoms with Gasteiger partial charge in [0.25, 0.3) is 11.8 Å². The number of thiophene rings is 1. The number of amides is 2. The summed E-state index contributed by atoms with van der Waals surface area (Å²) in [6.45, 7) is 0. The lowest BCUT2D eigenvalue weighted by Gasteiger charge is -2.11. The molecule has 1 aliphatic rings. The fraction of sp³-hybridized carbons (Fsp3) is 0.333. The van der Waals surface area contributed by atoms with E-state index in [1.54, 1.807) is 18.2 Å². The molecule has 25 heavy (non-hydrogen) atoms. The summed E-state index contributed by atoms with van der Waals surface area (Å²) in [5.41, 5.74) is 7.42. The van der Waals surface area contributed by atoms with E-state index >= 15 is 0 Å². The first-order valence-electron chi connectivity index (χ1n) is 8.03. The van der Waals surface area contributed by atoms with E-state index < -0.39 is 5.91 Å². The average Bonchev–Trinajstić information content (AvgIpc) is 2.98. The Balaban J connectivity index is 1.91. The normalized spacial score (nSPS) is 13.0. The number of rotatable bonds is 5. The molecule has 1 aliphatic carbocycles. The van der Waals surface area contributed by atoms with Crippen LogP contribution < -0.4 is 20.5 Å². The van der Waals surface area contributed by atoms with Gasteiger partial charge in [-0.05, 0) is 49.4 Å². The van der Waals surface area contributed by atoms with Gasteiger partial charge in [-0.2, -0.15) is 0 Å². The van der Waals surface area contributed by atoms with Crippen LogP contribution >= 0.6 is 11.3 Å². The summed E-state index contributed by atoms with van der Waals surface area (Å²) in [5.74, 6) is 0.197. The molecule has 2 aromatic rings. The third-order valence-electron chi connectivity index (χ3n) is 4.29. The van der Waals surface area contributed by atoms with Crippen molar-refractivity contribution < 1.29 is 19.1 Å². The third kappa shape index (κ3) is 3.32. The van der Waals surface area contributed by atoms with Crippen molar-refractivity contribution in [3.8, 4) is 11.5 Å². The number of hydrogen-bond acceptors (Lipinski definition) is 5. The first-order valence-corrected chi connectivity index (χ1v) is 8.84. The number of nitrogens with two attached hydrogens (primary N) is 1. The van der Waals surface area contributed by atoms with Crippen LogP contribution in [0, 0.1) is 0 Å². The second kappa shape index (κ2) is 7.14. The Labute approximate surface area is 149 Å². The van der Waals surface area contributed by atoms with Crippen molar-refractivity contribution in [1.29, 1.82) is 0 Å². The number of ether oxygens (including phenoxy) is 2. The zero-order chi connectivity index (χ0) is 18.0. The molecule has 2 amide bonds. The van der Waals surface area contributed by atoms with Gasteiger partial charge >= 0.3 is 0 Å². The van der Waals surface area contributed by atoms with Gasteiger partial charge in [-0.25, -0.2) is 0 Å². The molecular weight excluding hydrogens is 340 g/mol. The predicted molar refractivity (Wildman–Crippen MR) is 97.0 cm³/mol. The molecule has 1 aromatic heterocycles. The molecule has 0 atom stereocenters. The number of carbonyl (C=O) groups is 2. The summed E-state index contributed by atoms with van der Waals surface area (Å²) in [4.78, 5) is 25.7. The van der Waals surface area contributed by atoms with Gasteiger partial charge in [-0.15, -0.1) is 11.3 Å². The molecule has 0 saturated heterocycles. The van der Waals surface area contributed by atoms with Gasteiger partial charge in [0.2, 0.25) is 0 Å². The lowest BCUT2D eigenvalue weighted by Crippen LogP contribution is -2.18. The number of carbonyl (C=O) groups excluding carboxylic acids is 2. The Morgan fingerprint density at radius 2 is 1.84 bits per heavy atom. The maximum Gasteiger partial charge on any atom is 0.256 e. The highest BCUT2D eigenvalue weighted by Crippen LogP contribution is 2.38. The Hall–Kier alpha value is -2.54. The van der Waals surface area contributed by atoms with E-state index in [1.165, 1.54) is 25.6 Å². The van der Waals surface area contributed by atoms with Crippen molar-refractivity contribution in [3.05, 3.63) is 39.8 Å². The first kappa shape index (κ1) is 17.3. The number of benzene rings is 1. The number of anilines is 1. The Kier molecular flexibility index (Phi) is 4.94.